The molecule has 0 saturated heterocycles. The minimum absolute atomic E-state index is 0. The smallest absolute Gasteiger partial charge is 0.401 e. The molecule has 0 radical (unpaired) electrons. The average molecular weight is 545 g/mol. The number of ether oxygens (including phenoxy) is 1. The molecule has 1 aromatic rings. The summed E-state index contributed by atoms with van der Waals surface area (Å²) in [6.07, 6.45) is -3.76. The molecule has 1 rings (SSSR count). The van der Waals surface area contributed by atoms with Crippen LogP contribution in [0.5, 0.6) is 5.75 Å². The van der Waals surface area contributed by atoms with Gasteiger partial charge in [0.15, 0.2) is 5.96 Å². The fraction of sp³-hybridized carbons (Fsp3) is 0.562. The van der Waals surface area contributed by atoms with Crippen LogP contribution in [0.25, 0.3) is 0 Å². The summed E-state index contributed by atoms with van der Waals surface area (Å²) in [5.41, 5.74) is 0.413. The predicted molar refractivity (Wildman–Crippen MR) is 110 cm³/mol. The van der Waals surface area contributed by atoms with Crippen LogP contribution >= 0.6 is 35.6 Å². The van der Waals surface area contributed by atoms with Crippen LogP contribution in [0, 0.1) is 0 Å². The Morgan fingerprint density at radius 1 is 1.29 bits per heavy atom. The molecule has 0 unspecified atom stereocenters. The Morgan fingerprint density at radius 2 is 1.96 bits per heavy atom. The molecule has 0 aromatic heterocycles. The molecule has 162 valence electrons. The highest BCUT2D eigenvalue weighted by molar-refractivity contribution is 14.0. The molecule has 0 aliphatic carbocycles. The lowest BCUT2D eigenvalue weighted by Gasteiger charge is -2.19. The van der Waals surface area contributed by atoms with Gasteiger partial charge in [-0.05, 0) is 38.2 Å². The lowest BCUT2D eigenvalue weighted by Crippen LogP contribution is -2.39. The molecule has 0 atom stereocenters. The molecule has 0 aliphatic rings. The summed E-state index contributed by atoms with van der Waals surface area (Å²) in [6.45, 7) is -3.17. The van der Waals surface area contributed by atoms with Gasteiger partial charge in [-0.1, -0.05) is 11.6 Å². The minimum atomic E-state index is -4.23. The van der Waals surface area contributed by atoms with Crippen LogP contribution in [0.4, 0.5) is 22.0 Å². The van der Waals surface area contributed by atoms with Crippen LogP contribution in [0.15, 0.2) is 23.2 Å². The number of halogens is 7. The molecule has 0 heterocycles. The summed E-state index contributed by atoms with van der Waals surface area (Å²) < 4.78 is 66.1. The Hall–Kier alpha value is -1.08. The zero-order valence-electron chi connectivity index (χ0n) is 15.3. The maximum Gasteiger partial charge on any atom is 0.401 e. The lowest BCUT2D eigenvalue weighted by molar-refractivity contribution is -0.143. The first-order chi connectivity index (χ1) is 12.6. The summed E-state index contributed by atoms with van der Waals surface area (Å²) in [6, 6.07) is 4.27. The second kappa shape index (κ2) is 13.2. The fourth-order valence-corrected chi connectivity index (χ4v) is 2.43. The van der Waals surface area contributed by atoms with Crippen molar-refractivity contribution < 1.29 is 26.7 Å². The zero-order chi connectivity index (χ0) is 20.4. The highest BCUT2D eigenvalue weighted by atomic mass is 127. The second-order valence-electron chi connectivity index (χ2n) is 5.69. The standard InChI is InChI=1S/C16H22ClF5N4O.HI/c1-23-15(24-6-3-7-26(2)10-16(20,21)22)25-9-11-8-12(17)4-5-13(11)27-14(18)19;/h4-5,8,14H,3,6-7,9-10H2,1-2H3,(H2,23,24,25);1H. The molecule has 0 fully saturated rings. The summed E-state index contributed by atoms with van der Waals surface area (Å²) in [5, 5.41) is 6.22. The van der Waals surface area contributed by atoms with Crippen molar-refractivity contribution in [1.29, 1.82) is 0 Å². The van der Waals surface area contributed by atoms with E-state index in [4.69, 9.17) is 11.6 Å². The van der Waals surface area contributed by atoms with Gasteiger partial charge in [-0.3, -0.25) is 9.89 Å². The number of alkyl halides is 5. The van der Waals surface area contributed by atoms with Crippen LogP contribution in [-0.2, 0) is 6.54 Å². The van der Waals surface area contributed by atoms with Crippen molar-refractivity contribution in [3.63, 3.8) is 0 Å². The van der Waals surface area contributed by atoms with E-state index in [9.17, 15) is 22.0 Å². The maximum absolute atomic E-state index is 12.5. The van der Waals surface area contributed by atoms with Crippen molar-refractivity contribution in [2.45, 2.75) is 25.8 Å². The minimum Gasteiger partial charge on any atom is -0.434 e. The molecule has 12 heteroatoms. The summed E-state index contributed by atoms with van der Waals surface area (Å²) in [7, 11) is 2.91. The van der Waals surface area contributed by atoms with Crippen LogP contribution < -0.4 is 15.4 Å². The first-order valence-electron chi connectivity index (χ1n) is 8.03. The molecule has 1 aromatic carbocycles. The van der Waals surface area contributed by atoms with E-state index in [1.807, 2.05) is 0 Å². The molecular weight excluding hydrogens is 522 g/mol. The Balaban J connectivity index is 0.00000729. The first-order valence-corrected chi connectivity index (χ1v) is 8.41. The van der Waals surface area contributed by atoms with Gasteiger partial charge < -0.3 is 15.4 Å². The van der Waals surface area contributed by atoms with Crippen LogP contribution in [0.2, 0.25) is 5.02 Å². The van der Waals surface area contributed by atoms with E-state index in [0.29, 0.717) is 29.5 Å². The van der Waals surface area contributed by atoms with Gasteiger partial charge in [0.2, 0.25) is 0 Å². The Bertz CT molecular complexity index is 619. The Kier molecular flexibility index (Phi) is 12.7. The van der Waals surface area contributed by atoms with Gasteiger partial charge in [-0.25, -0.2) is 0 Å². The second-order valence-corrected chi connectivity index (χ2v) is 6.13. The van der Waals surface area contributed by atoms with Crippen molar-refractivity contribution in [3.05, 3.63) is 28.8 Å². The van der Waals surface area contributed by atoms with Gasteiger partial charge in [0.05, 0.1) is 6.54 Å². The number of aliphatic imine (C=N–C) groups is 1. The lowest BCUT2D eigenvalue weighted by atomic mass is 10.2. The number of guanidine groups is 1. The van der Waals surface area contributed by atoms with Gasteiger partial charge >= 0.3 is 12.8 Å². The van der Waals surface area contributed by atoms with Crippen molar-refractivity contribution in [3.8, 4) is 5.75 Å². The number of benzene rings is 1. The molecular formula is C16H23ClF5IN4O. The van der Waals surface area contributed by atoms with Crippen molar-refractivity contribution in [2.24, 2.45) is 4.99 Å². The maximum atomic E-state index is 12.5. The van der Waals surface area contributed by atoms with Gasteiger partial charge in [0, 0.05) is 30.7 Å². The fourth-order valence-electron chi connectivity index (χ4n) is 2.24. The molecule has 2 N–H and O–H groups in total. The first kappa shape index (κ1) is 26.9. The third-order valence-corrected chi connectivity index (χ3v) is 3.60. The van der Waals surface area contributed by atoms with E-state index in [1.54, 1.807) is 0 Å². The highest BCUT2D eigenvalue weighted by Gasteiger charge is 2.28. The van der Waals surface area contributed by atoms with Crippen LogP contribution in [0.1, 0.15) is 12.0 Å². The molecule has 0 aliphatic heterocycles. The van der Waals surface area contributed by atoms with E-state index >= 15 is 0 Å². The average Bonchev–Trinajstić information content (AvgIpc) is 2.54. The van der Waals surface area contributed by atoms with Crippen LogP contribution in [-0.4, -0.2) is 57.4 Å². The molecule has 28 heavy (non-hydrogen) atoms. The quantitative estimate of drug-likeness (QED) is 0.162. The number of hydrogen-bond donors (Lipinski definition) is 2. The van der Waals surface area contributed by atoms with E-state index in [0.717, 1.165) is 0 Å². The summed E-state index contributed by atoms with van der Waals surface area (Å²) >= 11 is 5.88. The van der Waals surface area contributed by atoms with Gasteiger partial charge in [0.1, 0.15) is 5.75 Å². The Labute approximate surface area is 182 Å². The summed E-state index contributed by atoms with van der Waals surface area (Å²) in [4.78, 5) is 5.15. The van der Waals surface area contributed by atoms with Gasteiger partial charge in [-0.15, -0.1) is 24.0 Å². The number of hydrogen-bond acceptors (Lipinski definition) is 3. The topological polar surface area (TPSA) is 48.9 Å². The summed E-state index contributed by atoms with van der Waals surface area (Å²) in [5.74, 6) is 0.363. The van der Waals surface area contributed by atoms with E-state index in [-0.39, 0.29) is 42.8 Å². The molecule has 0 bridgehead atoms. The van der Waals surface area contributed by atoms with Gasteiger partial charge in [0.25, 0.3) is 0 Å². The molecule has 0 spiro atoms. The SMILES string of the molecule is CN=C(NCCCN(C)CC(F)(F)F)NCc1cc(Cl)ccc1OC(F)F.I. The Morgan fingerprint density at radius 3 is 2.54 bits per heavy atom. The van der Waals surface area contributed by atoms with E-state index < -0.39 is 19.3 Å². The van der Waals surface area contributed by atoms with E-state index in [2.05, 4.69) is 20.4 Å². The number of rotatable bonds is 9. The third-order valence-electron chi connectivity index (χ3n) is 3.37. The number of nitrogens with one attached hydrogen (secondary N) is 2. The molecule has 5 nitrogen and oxygen atoms in total. The highest BCUT2D eigenvalue weighted by Crippen LogP contribution is 2.24. The van der Waals surface area contributed by atoms with Crippen molar-refractivity contribution in [2.75, 3.05) is 33.7 Å². The largest absolute Gasteiger partial charge is 0.434 e. The van der Waals surface area contributed by atoms with Gasteiger partial charge in [-0.2, -0.15) is 22.0 Å². The normalized spacial score (nSPS) is 12.1. The zero-order valence-corrected chi connectivity index (χ0v) is 18.4. The predicted octanol–water partition coefficient (Wildman–Crippen LogP) is 4.11. The van der Waals surface area contributed by atoms with Crippen LogP contribution in [0.3, 0.4) is 0 Å². The van der Waals surface area contributed by atoms with Crippen molar-refractivity contribution >= 4 is 41.5 Å². The van der Waals surface area contributed by atoms with Crippen molar-refractivity contribution in [1.82, 2.24) is 15.5 Å². The molecule has 0 saturated carbocycles. The monoisotopic (exact) mass is 544 g/mol. The number of nitrogens with zero attached hydrogens (tertiary/aromatic N) is 2. The van der Waals surface area contributed by atoms with E-state index in [1.165, 1.54) is 37.2 Å². The third kappa shape index (κ3) is 11.7. The molecule has 0 amide bonds.